The maximum Gasteiger partial charge on any atom is 0.162 e. The molecule has 23 heavy (non-hydrogen) atoms. The molecule has 1 rings (SSSR count). The zero-order valence-corrected chi connectivity index (χ0v) is 16.5. The van der Waals surface area contributed by atoms with Crippen molar-refractivity contribution in [1.82, 2.24) is 10.2 Å². The quantitative estimate of drug-likeness (QED) is 0.549. The minimum absolute atomic E-state index is 0.634. The van der Waals surface area contributed by atoms with E-state index >= 15 is 0 Å². The highest BCUT2D eigenvalue weighted by molar-refractivity contribution is 9.10. The summed E-state index contributed by atoms with van der Waals surface area (Å²) >= 11 is 3.63. The van der Waals surface area contributed by atoms with E-state index in [9.17, 15) is 0 Å². The molecule has 1 aromatic carbocycles. The van der Waals surface area contributed by atoms with Gasteiger partial charge in [0.25, 0.3) is 0 Å². The molecule has 0 saturated carbocycles. The van der Waals surface area contributed by atoms with Crippen molar-refractivity contribution in [2.45, 2.75) is 40.7 Å². The molecule has 0 aliphatic heterocycles. The van der Waals surface area contributed by atoms with Gasteiger partial charge in [-0.1, -0.05) is 29.8 Å². The molecule has 0 aromatic heterocycles. The van der Waals surface area contributed by atoms with Crippen LogP contribution < -0.4 is 14.8 Å². The number of halogens is 1. The van der Waals surface area contributed by atoms with E-state index in [2.05, 4.69) is 46.1 Å². The normalized spacial score (nSPS) is 11.0. The predicted octanol–water partition coefficient (Wildman–Crippen LogP) is 4.07. The summed E-state index contributed by atoms with van der Waals surface area (Å²) in [5.41, 5.74) is 1.19. The molecule has 1 N–H and O–H groups in total. The van der Waals surface area contributed by atoms with Gasteiger partial charge >= 0.3 is 0 Å². The molecule has 132 valence electrons. The Hall–Kier alpha value is -0.780. The first kappa shape index (κ1) is 20.3. The second-order valence-electron chi connectivity index (χ2n) is 5.31. The van der Waals surface area contributed by atoms with Crippen LogP contribution in [-0.4, -0.2) is 44.3 Å². The van der Waals surface area contributed by atoms with Gasteiger partial charge in [-0.2, -0.15) is 0 Å². The van der Waals surface area contributed by atoms with Crippen LogP contribution >= 0.6 is 15.9 Å². The molecule has 0 unspecified atom stereocenters. The largest absolute Gasteiger partial charge is 0.490 e. The average molecular weight is 387 g/mol. The van der Waals surface area contributed by atoms with E-state index in [0.717, 1.165) is 55.1 Å². The van der Waals surface area contributed by atoms with E-state index in [-0.39, 0.29) is 0 Å². The Bertz CT molecular complexity index is 451. The Morgan fingerprint density at radius 3 is 2.17 bits per heavy atom. The number of nitrogens with one attached hydrogen (secondary N) is 1. The fraction of sp³-hybridized carbons (Fsp3) is 0.667. The SMILES string of the molecule is CCOc1cc(Br)c(CNCCCN(CC)CC)cc1OCC. The van der Waals surface area contributed by atoms with Crippen molar-refractivity contribution < 1.29 is 9.47 Å². The van der Waals surface area contributed by atoms with Crippen LogP contribution in [0.4, 0.5) is 0 Å². The third-order valence-electron chi connectivity index (χ3n) is 3.75. The van der Waals surface area contributed by atoms with Crippen molar-refractivity contribution >= 4 is 15.9 Å². The van der Waals surface area contributed by atoms with Crippen molar-refractivity contribution in [3.05, 3.63) is 22.2 Å². The first-order valence-electron chi connectivity index (χ1n) is 8.67. The van der Waals surface area contributed by atoms with Crippen molar-refractivity contribution in [2.24, 2.45) is 0 Å². The van der Waals surface area contributed by atoms with Crippen LogP contribution in [0.3, 0.4) is 0 Å². The van der Waals surface area contributed by atoms with Crippen LogP contribution in [0, 0.1) is 0 Å². The highest BCUT2D eigenvalue weighted by Gasteiger charge is 2.10. The molecule has 0 saturated heterocycles. The van der Waals surface area contributed by atoms with Gasteiger partial charge in [-0.15, -0.1) is 0 Å². The number of hydrogen-bond acceptors (Lipinski definition) is 4. The standard InChI is InChI=1S/C18H31BrN2O2/c1-5-21(6-2)11-9-10-20-14-15-12-17(22-7-3)18(23-8-4)13-16(15)19/h12-13,20H,5-11,14H2,1-4H3. The van der Waals surface area contributed by atoms with Crippen LogP contribution in [0.25, 0.3) is 0 Å². The summed E-state index contributed by atoms with van der Waals surface area (Å²) in [7, 11) is 0. The molecule has 0 bridgehead atoms. The van der Waals surface area contributed by atoms with Gasteiger partial charge in [-0.05, 0) is 64.1 Å². The van der Waals surface area contributed by atoms with Gasteiger partial charge in [0.1, 0.15) is 0 Å². The Labute approximate surface area is 149 Å². The summed E-state index contributed by atoms with van der Waals surface area (Å²) in [5.74, 6) is 1.61. The summed E-state index contributed by atoms with van der Waals surface area (Å²) in [6, 6.07) is 4.07. The summed E-state index contributed by atoms with van der Waals surface area (Å²) in [6.07, 6.45) is 1.16. The second-order valence-corrected chi connectivity index (χ2v) is 6.17. The molecule has 0 atom stereocenters. The predicted molar refractivity (Wildman–Crippen MR) is 101 cm³/mol. The summed E-state index contributed by atoms with van der Waals surface area (Å²) < 4.78 is 12.4. The van der Waals surface area contributed by atoms with E-state index in [1.54, 1.807) is 0 Å². The Morgan fingerprint density at radius 1 is 1.00 bits per heavy atom. The lowest BCUT2D eigenvalue weighted by atomic mass is 10.2. The second kappa shape index (κ2) is 11.7. The van der Waals surface area contributed by atoms with Gasteiger partial charge in [0.15, 0.2) is 11.5 Å². The summed E-state index contributed by atoms with van der Waals surface area (Å²) in [4.78, 5) is 2.45. The number of rotatable bonds is 12. The van der Waals surface area contributed by atoms with Gasteiger partial charge in [-0.3, -0.25) is 0 Å². The van der Waals surface area contributed by atoms with E-state index in [1.165, 1.54) is 5.56 Å². The van der Waals surface area contributed by atoms with E-state index in [1.807, 2.05) is 19.9 Å². The lowest BCUT2D eigenvalue weighted by molar-refractivity contribution is 0.287. The molecule has 0 fully saturated rings. The van der Waals surface area contributed by atoms with Crippen molar-refractivity contribution in [2.75, 3.05) is 39.4 Å². The fourth-order valence-corrected chi connectivity index (χ4v) is 2.90. The van der Waals surface area contributed by atoms with Gasteiger partial charge in [-0.25, -0.2) is 0 Å². The molecule has 0 aliphatic rings. The van der Waals surface area contributed by atoms with Crippen molar-refractivity contribution in [3.8, 4) is 11.5 Å². The monoisotopic (exact) mass is 386 g/mol. The summed E-state index contributed by atoms with van der Waals surface area (Å²) in [6.45, 7) is 14.9. The fourth-order valence-electron chi connectivity index (χ4n) is 2.44. The van der Waals surface area contributed by atoms with E-state index < -0.39 is 0 Å². The van der Waals surface area contributed by atoms with Crippen LogP contribution in [-0.2, 0) is 6.54 Å². The van der Waals surface area contributed by atoms with Crippen molar-refractivity contribution in [3.63, 3.8) is 0 Å². The zero-order valence-electron chi connectivity index (χ0n) is 15.0. The molecule has 0 heterocycles. The summed E-state index contributed by atoms with van der Waals surface area (Å²) in [5, 5.41) is 3.51. The first-order chi connectivity index (χ1) is 11.2. The number of ether oxygens (including phenoxy) is 2. The maximum atomic E-state index is 5.69. The molecule has 4 nitrogen and oxygen atoms in total. The van der Waals surface area contributed by atoms with Crippen LogP contribution in [0.15, 0.2) is 16.6 Å². The minimum Gasteiger partial charge on any atom is -0.490 e. The van der Waals surface area contributed by atoms with Crippen LogP contribution in [0.5, 0.6) is 11.5 Å². The number of benzene rings is 1. The molecule has 0 amide bonds. The molecule has 0 radical (unpaired) electrons. The molecule has 1 aromatic rings. The van der Waals surface area contributed by atoms with E-state index in [0.29, 0.717) is 13.2 Å². The number of hydrogen-bond donors (Lipinski definition) is 1. The Kier molecular flexibility index (Phi) is 10.3. The first-order valence-corrected chi connectivity index (χ1v) is 9.46. The third kappa shape index (κ3) is 7.10. The average Bonchev–Trinajstić information content (AvgIpc) is 2.55. The van der Waals surface area contributed by atoms with Gasteiger partial charge < -0.3 is 19.7 Å². The zero-order chi connectivity index (χ0) is 17.1. The van der Waals surface area contributed by atoms with Crippen LogP contribution in [0.1, 0.15) is 39.7 Å². The maximum absolute atomic E-state index is 5.69. The van der Waals surface area contributed by atoms with Gasteiger partial charge in [0.05, 0.1) is 13.2 Å². The molecule has 0 aliphatic carbocycles. The molecule has 5 heteroatoms. The minimum atomic E-state index is 0.634. The molecular weight excluding hydrogens is 356 g/mol. The van der Waals surface area contributed by atoms with Crippen molar-refractivity contribution in [1.29, 1.82) is 0 Å². The molecular formula is C18H31BrN2O2. The Morgan fingerprint density at radius 2 is 1.61 bits per heavy atom. The van der Waals surface area contributed by atoms with Gasteiger partial charge in [0, 0.05) is 11.0 Å². The molecule has 0 spiro atoms. The van der Waals surface area contributed by atoms with Gasteiger partial charge in [0.2, 0.25) is 0 Å². The highest BCUT2D eigenvalue weighted by Crippen LogP contribution is 2.33. The lowest BCUT2D eigenvalue weighted by Gasteiger charge is -2.18. The lowest BCUT2D eigenvalue weighted by Crippen LogP contribution is -2.27. The Balaban J connectivity index is 2.54. The smallest absolute Gasteiger partial charge is 0.162 e. The van der Waals surface area contributed by atoms with Crippen LogP contribution in [0.2, 0.25) is 0 Å². The van der Waals surface area contributed by atoms with E-state index in [4.69, 9.17) is 9.47 Å². The number of nitrogens with zero attached hydrogens (tertiary/aromatic N) is 1. The third-order valence-corrected chi connectivity index (χ3v) is 4.49. The highest BCUT2D eigenvalue weighted by atomic mass is 79.9. The topological polar surface area (TPSA) is 33.7 Å².